The maximum absolute atomic E-state index is 5.81. The van der Waals surface area contributed by atoms with Gasteiger partial charge in [-0.1, -0.05) is 12.5 Å². The van der Waals surface area contributed by atoms with Crippen LogP contribution < -0.4 is 10.1 Å². The van der Waals surface area contributed by atoms with Crippen LogP contribution >= 0.6 is 0 Å². The van der Waals surface area contributed by atoms with E-state index in [0.29, 0.717) is 0 Å². The Kier molecular flexibility index (Phi) is 2.37. The van der Waals surface area contributed by atoms with Gasteiger partial charge in [-0.2, -0.15) is 0 Å². The molecule has 0 unspecified atom stereocenters. The summed E-state index contributed by atoms with van der Waals surface area (Å²) in [7, 11) is 0. The molecule has 1 aliphatic heterocycles. The first-order valence-corrected chi connectivity index (χ1v) is 5.87. The zero-order valence-electron chi connectivity index (χ0n) is 8.96. The van der Waals surface area contributed by atoms with Crippen molar-refractivity contribution in [3.05, 3.63) is 29.3 Å². The van der Waals surface area contributed by atoms with Gasteiger partial charge in [0.15, 0.2) is 0 Å². The smallest absolute Gasteiger partial charge is 0.119 e. The van der Waals surface area contributed by atoms with Gasteiger partial charge in [0, 0.05) is 13.1 Å². The molecule has 1 saturated carbocycles. The van der Waals surface area contributed by atoms with E-state index in [1.165, 1.54) is 30.4 Å². The predicted molar refractivity (Wildman–Crippen MR) is 59.8 cm³/mol. The van der Waals surface area contributed by atoms with Gasteiger partial charge in [0.25, 0.3) is 0 Å². The van der Waals surface area contributed by atoms with Crippen LogP contribution in [-0.4, -0.2) is 6.61 Å². The normalized spacial score (nSPS) is 19.7. The Balaban J connectivity index is 1.64. The second-order valence-corrected chi connectivity index (χ2v) is 4.64. The first-order chi connectivity index (χ1) is 7.42. The molecule has 2 heteroatoms. The number of fused-ring (bicyclic) bond motifs is 1. The number of hydrogen-bond donors (Lipinski definition) is 1. The standard InChI is InChI=1S/C13H17NO/c1-2-10(3-1)9-15-13-5-4-11-7-14-8-12(11)6-13/h4-6,10,14H,1-3,7-9H2. The van der Waals surface area contributed by atoms with E-state index in [1.54, 1.807) is 0 Å². The monoisotopic (exact) mass is 203 g/mol. The first kappa shape index (κ1) is 9.22. The Morgan fingerprint density at radius 3 is 2.87 bits per heavy atom. The van der Waals surface area contributed by atoms with Gasteiger partial charge in [-0.3, -0.25) is 0 Å². The van der Waals surface area contributed by atoms with Crippen molar-refractivity contribution in [2.45, 2.75) is 32.4 Å². The molecule has 1 aliphatic carbocycles. The summed E-state index contributed by atoms with van der Waals surface area (Å²) >= 11 is 0. The zero-order chi connectivity index (χ0) is 10.1. The fourth-order valence-corrected chi connectivity index (χ4v) is 2.23. The third kappa shape index (κ3) is 1.86. The van der Waals surface area contributed by atoms with Gasteiger partial charge in [-0.05, 0) is 42.0 Å². The van der Waals surface area contributed by atoms with Crippen LogP contribution in [0.2, 0.25) is 0 Å². The Bertz CT molecular complexity index is 358. The molecule has 0 bridgehead atoms. The molecule has 1 aromatic carbocycles. The van der Waals surface area contributed by atoms with Crippen molar-refractivity contribution in [1.29, 1.82) is 0 Å². The Hall–Kier alpha value is -1.02. The molecule has 1 N–H and O–H groups in total. The van der Waals surface area contributed by atoms with E-state index >= 15 is 0 Å². The fraction of sp³-hybridized carbons (Fsp3) is 0.538. The second kappa shape index (κ2) is 3.86. The average Bonchev–Trinajstić information content (AvgIpc) is 2.62. The third-order valence-corrected chi connectivity index (χ3v) is 3.52. The molecule has 0 atom stereocenters. The second-order valence-electron chi connectivity index (χ2n) is 4.64. The molecule has 15 heavy (non-hydrogen) atoms. The molecule has 0 amide bonds. The number of ether oxygens (including phenoxy) is 1. The summed E-state index contributed by atoms with van der Waals surface area (Å²) in [5.74, 6) is 1.86. The van der Waals surface area contributed by atoms with Crippen molar-refractivity contribution in [2.24, 2.45) is 5.92 Å². The molecule has 3 rings (SSSR count). The van der Waals surface area contributed by atoms with Crippen molar-refractivity contribution in [3.8, 4) is 5.75 Å². The van der Waals surface area contributed by atoms with E-state index in [1.807, 2.05) is 0 Å². The van der Waals surface area contributed by atoms with Crippen LogP contribution in [0.3, 0.4) is 0 Å². The Morgan fingerprint density at radius 2 is 2.07 bits per heavy atom. The number of nitrogens with one attached hydrogen (secondary N) is 1. The van der Waals surface area contributed by atoms with Gasteiger partial charge in [0.2, 0.25) is 0 Å². The highest BCUT2D eigenvalue weighted by Gasteiger charge is 2.18. The zero-order valence-corrected chi connectivity index (χ0v) is 8.96. The first-order valence-electron chi connectivity index (χ1n) is 5.87. The van der Waals surface area contributed by atoms with Crippen LogP contribution in [0.25, 0.3) is 0 Å². The molecule has 2 aliphatic rings. The SMILES string of the molecule is c1cc2c(cc1OCC1CCC1)CNC2. The number of benzene rings is 1. The van der Waals surface area contributed by atoms with Gasteiger partial charge >= 0.3 is 0 Å². The molecular weight excluding hydrogens is 186 g/mol. The van der Waals surface area contributed by atoms with Gasteiger partial charge in [-0.15, -0.1) is 0 Å². The van der Waals surface area contributed by atoms with Crippen LogP contribution in [0, 0.1) is 5.92 Å². The number of hydrogen-bond acceptors (Lipinski definition) is 2. The Labute approximate surface area is 90.6 Å². The van der Waals surface area contributed by atoms with E-state index in [0.717, 1.165) is 31.4 Å². The summed E-state index contributed by atoms with van der Waals surface area (Å²) in [6, 6.07) is 6.48. The summed E-state index contributed by atoms with van der Waals surface area (Å²) in [6.07, 6.45) is 4.10. The van der Waals surface area contributed by atoms with Gasteiger partial charge < -0.3 is 10.1 Å². The van der Waals surface area contributed by atoms with Gasteiger partial charge in [0.05, 0.1) is 6.61 Å². The van der Waals surface area contributed by atoms with Crippen molar-refractivity contribution in [1.82, 2.24) is 5.32 Å². The van der Waals surface area contributed by atoms with Gasteiger partial charge in [0.1, 0.15) is 5.75 Å². The van der Waals surface area contributed by atoms with Crippen molar-refractivity contribution in [3.63, 3.8) is 0 Å². The van der Waals surface area contributed by atoms with E-state index in [2.05, 4.69) is 23.5 Å². The minimum Gasteiger partial charge on any atom is -0.493 e. The lowest BCUT2D eigenvalue weighted by Crippen LogP contribution is -2.19. The lowest BCUT2D eigenvalue weighted by atomic mass is 9.86. The molecule has 0 radical (unpaired) electrons. The summed E-state index contributed by atoms with van der Waals surface area (Å²) in [5, 5.41) is 3.35. The van der Waals surface area contributed by atoms with Crippen LogP contribution in [0.5, 0.6) is 5.75 Å². The molecular formula is C13H17NO. The molecule has 1 heterocycles. The number of rotatable bonds is 3. The van der Waals surface area contributed by atoms with E-state index in [-0.39, 0.29) is 0 Å². The van der Waals surface area contributed by atoms with Crippen LogP contribution in [-0.2, 0) is 13.1 Å². The van der Waals surface area contributed by atoms with Crippen LogP contribution in [0.15, 0.2) is 18.2 Å². The molecule has 1 aromatic rings. The minimum absolute atomic E-state index is 0.816. The third-order valence-electron chi connectivity index (χ3n) is 3.52. The van der Waals surface area contributed by atoms with E-state index in [9.17, 15) is 0 Å². The van der Waals surface area contributed by atoms with E-state index < -0.39 is 0 Å². The Morgan fingerprint density at radius 1 is 1.20 bits per heavy atom. The average molecular weight is 203 g/mol. The largest absolute Gasteiger partial charge is 0.493 e. The lowest BCUT2D eigenvalue weighted by molar-refractivity contribution is 0.180. The minimum atomic E-state index is 0.816. The highest BCUT2D eigenvalue weighted by atomic mass is 16.5. The predicted octanol–water partition coefficient (Wildman–Crippen LogP) is 2.47. The molecule has 1 fully saturated rings. The molecule has 80 valence electrons. The van der Waals surface area contributed by atoms with Crippen molar-refractivity contribution < 1.29 is 4.74 Å². The quantitative estimate of drug-likeness (QED) is 0.814. The highest BCUT2D eigenvalue weighted by Crippen LogP contribution is 2.28. The maximum atomic E-state index is 5.81. The topological polar surface area (TPSA) is 21.3 Å². The summed E-state index contributed by atoms with van der Waals surface area (Å²) in [5.41, 5.74) is 2.83. The molecule has 2 nitrogen and oxygen atoms in total. The maximum Gasteiger partial charge on any atom is 0.119 e. The summed E-state index contributed by atoms with van der Waals surface area (Å²) in [4.78, 5) is 0. The highest BCUT2D eigenvalue weighted by molar-refractivity contribution is 5.37. The van der Waals surface area contributed by atoms with Crippen LogP contribution in [0.4, 0.5) is 0 Å². The fourth-order valence-electron chi connectivity index (χ4n) is 2.23. The van der Waals surface area contributed by atoms with Gasteiger partial charge in [-0.25, -0.2) is 0 Å². The molecule has 0 aromatic heterocycles. The molecule has 0 saturated heterocycles. The summed E-state index contributed by atoms with van der Waals surface area (Å²) < 4.78 is 5.81. The van der Waals surface area contributed by atoms with Crippen molar-refractivity contribution in [2.75, 3.05) is 6.61 Å². The van der Waals surface area contributed by atoms with Crippen LogP contribution in [0.1, 0.15) is 30.4 Å². The molecule has 0 spiro atoms. The van der Waals surface area contributed by atoms with Crippen molar-refractivity contribution >= 4 is 0 Å². The lowest BCUT2D eigenvalue weighted by Gasteiger charge is -2.25. The summed E-state index contributed by atoms with van der Waals surface area (Å²) in [6.45, 7) is 2.92. The van der Waals surface area contributed by atoms with E-state index in [4.69, 9.17) is 4.74 Å².